The van der Waals surface area contributed by atoms with Gasteiger partial charge in [0.05, 0.1) is 29.3 Å². The summed E-state index contributed by atoms with van der Waals surface area (Å²) in [5.41, 5.74) is 1.68. The summed E-state index contributed by atoms with van der Waals surface area (Å²) in [6.07, 6.45) is 0. The van der Waals surface area contributed by atoms with E-state index in [2.05, 4.69) is 0 Å². The first kappa shape index (κ1) is 24.4. The predicted octanol–water partition coefficient (Wildman–Crippen LogP) is 7.24. The third-order valence-corrected chi connectivity index (χ3v) is 6.46. The number of amides is 1. The van der Waals surface area contributed by atoms with Gasteiger partial charge in [0, 0.05) is 20.8 Å². The first-order chi connectivity index (χ1) is 16.1. The molecule has 1 aliphatic rings. The highest BCUT2D eigenvalue weighted by molar-refractivity contribution is 6.52. The molecule has 1 saturated heterocycles. The van der Waals surface area contributed by atoms with Gasteiger partial charge in [-0.2, -0.15) is 0 Å². The molecule has 4 rings (SSSR count). The van der Waals surface area contributed by atoms with E-state index in [9.17, 15) is 14.7 Å². The van der Waals surface area contributed by atoms with Crippen molar-refractivity contribution in [3.8, 4) is 5.75 Å². The Bertz CT molecular complexity index is 1350. The predicted molar refractivity (Wildman–Crippen MR) is 135 cm³/mol. The summed E-state index contributed by atoms with van der Waals surface area (Å²) in [6.45, 7) is 1.84. The molecule has 9 heteroatoms. The Morgan fingerprint density at radius 3 is 2.18 bits per heavy atom. The average molecular weight is 537 g/mol. The number of hydrogen-bond acceptors (Lipinski definition) is 4. The maximum atomic E-state index is 13.4. The molecular formula is C25H17Cl4NO4. The molecule has 1 amide bonds. The van der Waals surface area contributed by atoms with E-state index in [0.29, 0.717) is 11.3 Å². The van der Waals surface area contributed by atoms with Crippen LogP contribution in [0.25, 0.3) is 5.76 Å². The van der Waals surface area contributed by atoms with Crippen molar-refractivity contribution in [2.75, 3.05) is 12.0 Å². The van der Waals surface area contributed by atoms with Crippen molar-refractivity contribution in [2.24, 2.45) is 0 Å². The number of hydrogen-bond donors (Lipinski definition) is 1. The van der Waals surface area contributed by atoms with Crippen molar-refractivity contribution in [1.82, 2.24) is 0 Å². The average Bonchev–Trinajstić information content (AvgIpc) is 3.03. The van der Waals surface area contributed by atoms with Crippen LogP contribution in [0.3, 0.4) is 0 Å². The number of aliphatic hydroxyl groups is 1. The molecule has 1 unspecified atom stereocenters. The van der Waals surface area contributed by atoms with E-state index in [1.807, 2.05) is 19.1 Å². The maximum Gasteiger partial charge on any atom is 0.300 e. The van der Waals surface area contributed by atoms with Crippen LogP contribution < -0.4 is 9.64 Å². The van der Waals surface area contributed by atoms with Crippen molar-refractivity contribution in [3.63, 3.8) is 0 Å². The van der Waals surface area contributed by atoms with Gasteiger partial charge in [0.25, 0.3) is 11.7 Å². The molecule has 174 valence electrons. The zero-order chi connectivity index (χ0) is 24.7. The number of halogens is 4. The van der Waals surface area contributed by atoms with Crippen LogP contribution in [0, 0.1) is 6.92 Å². The van der Waals surface area contributed by atoms with Crippen LogP contribution >= 0.6 is 46.4 Å². The summed E-state index contributed by atoms with van der Waals surface area (Å²) in [5.74, 6) is -2.09. The van der Waals surface area contributed by atoms with Gasteiger partial charge in [-0.1, -0.05) is 70.7 Å². The molecule has 1 atom stereocenters. The second-order valence-corrected chi connectivity index (χ2v) is 9.34. The Hall–Kier alpha value is -2.70. The molecule has 0 spiro atoms. The third kappa shape index (κ3) is 4.25. The SMILES string of the molecule is COc1c(Cl)cc(Cl)cc1/C(O)=C1\C(=O)C(=O)N(c2cc(Cl)cc(Cl)c2)C1c1ccccc1C. The van der Waals surface area contributed by atoms with Gasteiger partial charge in [-0.05, 0) is 48.4 Å². The lowest BCUT2D eigenvalue weighted by molar-refractivity contribution is -0.132. The molecule has 3 aromatic rings. The van der Waals surface area contributed by atoms with Crippen LogP contribution in [-0.2, 0) is 9.59 Å². The largest absolute Gasteiger partial charge is 0.507 e. The number of benzene rings is 3. The van der Waals surface area contributed by atoms with Crippen LogP contribution in [0.15, 0.2) is 60.2 Å². The van der Waals surface area contributed by atoms with E-state index in [1.54, 1.807) is 12.1 Å². The van der Waals surface area contributed by atoms with Crippen LogP contribution in [-0.4, -0.2) is 23.9 Å². The molecule has 5 nitrogen and oxygen atoms in total. The first-order valence-corrected chi connectivity index (χ1v) is 11.5. The standard InChI is InChI=1S/C25H17Cl4NO4/c1-12-5-3-4-6-17(12)21-20(22(31)18-10-15(28)11-19(29)24(18)34-2)23(32)25(33)30(21)16-8-13(26)7-14(27)9-16/h3-11,21,31H,1-2H3/b22-20+. The molecule has 34 heavy (non-hydrogen) atoms. The van der Waals surface area contributed by atoms with E-state index < -0.39 is 23.5 Å². The van der Waals surface area contributed by atoms with E-state index in [4.69, 9.17) is 51.1 Å². The van der Waals surface area contributed by atoms with Gasteiger partial charge in [-0.25, -0.2) is 0 Å². The molecule has 1 heterocycles. The molecule has 1 N–H and O–H groups in total. The van der Waals surface area contributed by atoms with Crippen LogP contribution in [0.4, 0.5) is 5.69 Å². The minimum Gasteiger partial charge on any atom is -0.507 e. The Balaban J connectivity index is 2.05. The van der Waals surface area contributed by atoms with E-state index in [-0.39, 0.29) is 37.0 Å². The van der Waals surface area contributed by atoms with E-state index >= 15 is 0 Å². The minimum atomic E-state index is -0.974. The van der Waals surface area contributed by atoms with E-state index in [0.717, 1.165) is 5.56 Å². The van der Waals surface area contributed by atoms with Crippen LogP contribution in [0.2, 0.25) is 20.1 Å². The number of methoxy groups -OCH3 is 1. The Morgan fingerprint density at radius 2 is 1.56 bits per heavy atom. The Kier molecular flexibility index (Phi) is 6.83. The second kappa shape index (κ2) is 9.51. The molecular weight excluding hydrogens is 520 g/mol. The summed E-state index contributed by atoms with van der Waals surface area (Å²) in [4.78, 5) is 27.9. The summed E-state index contributed by atoms with van der Waals surface area (Å²) in [7, 11) is 1.37. The number of ketones is 1. The minimum absolute atomic E-state index is 0.0840. The lowest BCUT2D eigenvalue weighted by Gasteiger charge is -2.27. The van der Waals surface area contributed by atoms with Gasteiger partial charge in [0.1, 0.15) is 11.5 Å². The number of Topliss-reactive ketones (excluding diaryl/α,β-unsaturated/α-hetero) is 1. The quantitative estimate of drug-likeness (QED) is 0.217. The van der Waals surface area contributed by atoms with Gasteiger partial charge in [-0.3, -0.25) is 14.5 Å². The van der Waals surface area contributed by atoms with Gasteiger partial charge in [0.2, 0.25) is 0 Å². The fourth-order valence-corrected chi connectivity index (χ4v) is 5.14. The number of aryl methyl sites for hydroxylation is 1. The number of anilines is 1. The van der Waals surface area contributed by atoms with Crippen molar-refractivity contribution in [1.29, 1.82) is 0 Å². The lowest BCUT2D eigenvalue weighted by Crippen LogP contribution is -2.29. The molecule has 0 aromatic heterocycles. The number of nitrogens with zero attached hydrogens (tertiary/aromatic N) is 1. The molecule has 1 aliphatic heterocycles. The summed E-state index contributed by atoms with van der Waals surface area (Å²) < 4.78 is 5.35. The second-order valence-electron chi connectivity index (χ2n) is 7.62. The fraction of sp³-hybridized carbons (Fsp3) is 0.120. The summed E-state index contributed by atoms with van der Waals surface area (Å²) in [5, 5.41) is 12.3. The molecule has 0 aliphatic carbocycles. The highest BCUT2D eigenvalue weighted by Gasteiger charge is 2.47. The molecule has 0 bridgehead atoms. The topological polar surface area (TPSA) is 66.8 Å². The van der Waals surface area contributed by atoms with Crippen molar-refractivity contribution >= 4 is 69.5 Å². The Labute approximate surface area is 216 Å². The number of ether oxygens (including phenoxy) is 1. The van der Waals surface area contributed by atoms with Gasteiger partial charge in [0.15, 0.2) is 0 Å². The third-order valence-electron chi connectivity index (χ3n) is 5.52. The Morgan fingerprint density at radius 1 is 0.941 bits per heavy atom. The smallest absolute Gasteiger partial charge is 0.300 e. The van der Waals surface area contributed by atoms with Gasteiger partial charge < -0.3 is 9.84 Å². The van der Waals surface area contributed by atoms with Crippen LogP contribution in [0.1, 0.15) is 22.7 Å². The van der Waals surface area contributed by atoms with Crippen LogP contribution in [0.5, 0.6) is 5.75 Å². The normalized spacial score (nSPS) is 17.4. The molecule has 3 aromatic carbocycles. The molecule has 0 radical (unpaired) electrons. The number of carbonyl (C=O) groups is 2. The number of carbonyl (C=O) groups excluding carboxylic acids is 2. The van der Waals surface area contributed by atoms with Crippen molar-refractivity contribution < 1.29 is 19.4 Å². The molecule has 1 fully saturated rings. The van der Waals surface area contributed by atoms with Gasteiger partial charge >= 0.3 is 0 Å². The summed E-state index contributed by atoms with van der Waals surface area (Å²) in [6, 6.07) is 13.7. The lowest BCUT2D eigenvalue weighted by atomic mass is 9.92. The zero-order valence-corrected chi connectivity index (χ0v) is 20.9. The number of rotatable bonds is 4. The zero-order valence-electron chi connectivity index (χ0n) is 17.9. The highest BCUT2D eigenvalue weighted by Crippen LogP contribution is 2.46. The fourth-order valence-electron chi connectivity index (χ4n) is 4.05. The summed E-state index contributed by atoms with van der Waals surface area (Å²) >= 11 is 24.8. The van der Waals surface area contributed by atoms with Crippen molar-refractivity contribution in [3.05, 3.63) is 97.0 Å². The van der Waals surface area contributed by atoms with Crippen molar-refractivity contribution in [2.45, 2.75) is 13.0 Å². The van der Waals surface area contributed by atoms with Gasteiger partial charge in [-0.15, -0.1) is 0 Å². The first-order valence-electron chi connectivity index (χ1n) is 10.00. The maximum absolute atomic E-state index is 13.4. The number of aliphatic hydroxyl groups excluding tert-OH is 1. The monoisotopic (exact) mass is 535 g/mol. The molecule has 0 saturated carbocycles. The highest BCUT2D eigenvalue weighted by atomic mass is 35.5. The van der Waals surface area contributed by atoms with E-state index in [1.165, 1.54) is 42.3 Å².